The maximum atomic E-state index is 12.2. The summed E-state index contributed by atoms with van der Waals surface area (Å²) in [6, 6.07) is 11.3. The van der Waals surface area contributed by atoms with E-state index >= 15 is 0 Å². The summed E-state index contributed by atoms with van der Waals surface area (Å²) in [5.41, 5.74) is 1.63. The van der Waals surface area contributed by atoms with Crippen molar-refractivity contribution in [1.29, 1.82) is 0 Å². The number of rotatable bonds is 4. The van der Waals surface area contributed by atoms with E-state index in [-0.39, 0.29) is 0 Å². The van der Waals surface area contributed by atoms with E-state index in [1.54, 1.807) is 17.2 Å². The second-order valence-corrected chi connectivity index (χ2v) is 5.54. The summed E-state index contributed by atoms with van der Waals surface area (Å²) in [4.78, 5) is 18.2. The number of ether oxygens (including phenoxy) is 2. The zero-order chi connectivity index (χ0) is 16.5. The largest absolute Gasteiger partial charge is 0.494 e. The molecule has 2 aromatic heterocycles. The Hall–Kier alpha value is -3.02. The number of furan rings is 1. The fraction of sp³-hybridized carbons (Fsp3) is 0.222. The van der Waals surface area contributed by atoms with Crippen molar-refractivity contribution in [2.24, 2.45) is 0 Å². The monoisotopic (exact) mass is 324 g/mol. The summed E-state index contributed by atoms with van der Waals surface area (Å²) in [6.07, 6.45) is 1.17. The number of pyridine rings is 1. The van der Waals surface area contributed by atoms with E-state index in [4.69, 9.17) is 13.9 Å². The second-order valence-electron chi connectivity index (χ2n) is 5.54. The highest BCUT2D eigenvalue weighted by Crippen LogP contribution is 2.30. The SMILES string of the molecule is CCOc1ccc2nc3c(cc2c1)CN(Cc1ccco1)C(=O)O3. The van der Waals surface area contributed by atoms with Crippen molar-refractivity contribution in [1.82, 2.24) is 9.88 Å². The van der Waals surface area contributed by atoms with Crippen molar-refractivity contribution in [3.05, 3.63) is 54.0 Å². The summed E-state index contributed by atoms with van der Waals surface area (Å²) in [6.45, 7) is 3.35. The fourth-order valence-corrected chi connectivity index (χ4v) is 2.77. The van der Waals surface area contributed by atoms with Crippen LogP contribution in [0.3, 0.4) is 0 Å². The Bertz CT molecular complexity index is 889. The summed E-state index contributed by atoms with van der Waals surface area (Å²) in [7, 11) is 0. The zero-order valence-corrected chi connectivity index (χ0v) is 13.2. The van der Waals surface area contributed by atoms with Crippen molar-refractivity contribution >= 4 is 17.0 Å². The zero-order valence-electron chi connectivity index (χ0n) is 13.2. The highest BCUT2D eigenvalue weighted by atomic mass is 16.6. The van der Waals surface area contributed by atoms with Gasteiger partial charge in [0.2, 0.25) is 5.88 Å². The first-order valence-corrected chi connectivity index (χ1v) is 7.78. The van der Waals surface area contributed by atoms with E-state index in [1.165, 1.54) is 0 Å². The number of carbonyl (C=O) groups is 1. The molecule has 6 heteroatoms. The topological polar surface area (TPSA) is 64.8 Å². The first kappa shape index (κ1) is 14.6. The molecule has 3 aromatic rings. The maximum Gasteiger partial charge on any atom is 0.417 e. The number of amides is 1. The van der Waals surface area contributed by atoms with Crippen LogP contribution in [-0.4, -0.2) is 22.6 Å². The van der Waals surface area contributed by atoms with Gasteiger partial charge in [0.15, 0.2) is 0 Å². The third-order valence-electron chi connectivity index (χ3n) is 3.87. The number of fused-ring (bicyclic) bond motifs is 2. The molecular formula is C18H16N2O4. The molecule has 0 unspecified atom stereocenters. The summed E-state index contributed by atoms with van der Waals surface area (Å²) in [5.74, 6) is 1.88. The molecule has 0 saturated carbocycles. The maximum absolute atomic E-state index is 12.2. The molecule has 4 rings (SSSR count). The van der Waals surface area contributed by atoms with E-state index in [9.17, 15) is 4.79 Å². The third kappa shape index (κ3) is 2.67. The Morgan fingerprint density at radius 2 is 2.21 bits per heavy atom. The lowest BCUT2D eigenvalue weighted by molar-refractivity contribution is 0.129. The number of hydrogen-bond acceptors (Lipinski definition) is 5. The van der Waals surface area contributed by atoms with Crippen molar-refractivity contribution in [3.63, 3.8) is 0 Å². The summed E-state index contributed by atoms with van der Waals surface area (Å²) >= 11 is 0. The number of hydrogen-bond donors (Lipinski definition) is 0. The van der Waals surface area contributed by atoms with Crippen molar-refractivity contribution in [3.8, 4) is 11.6 Å². The first-order valence-electron chi connectivity index (χ1n) is 7.78. The van der Waals surface area contributed by atoms with Crippen LogP contribution in [0.4, 0.5) is 4.79 Å². The van der Waals surface area contributed by atoms with Crippen LogP contribution in [-0.2, 0) is 13.1 Å². The number of carbonyl (C=O) groups excluding carboxylic acids is 1. The van der Waals surface area contributed by atoms with Gasteiger partial charge in [0.25, 0.3) is 0 Å². The van der Waals surface area contributed by atoms with Crippen LogP contribution < -0.4 is 9.47 Å². The number of nitrogens with zero attached hydrogens (tertiary/aromatic N) is 2. The minimum atomic E-state index is -0.420. The van der Waals surface area contributed by atoms with Gasteiger partial charge in [-0.15, -0.1) is 0 Å². The quantitative estimate of drug-likeness (QED) is 0.731. The number of benzene rings is 1. The van der Waals surface area contributed by atoms with Crippen molar-refractivity contribution in [2.45, 2.75) is 20.0 Å². The van der Waals surface area contributed by atoms with Gasteiger partial charge in [-0.3, -0.25) is 4.90 Å². The van der Waals surface area contributed by atoms with Gasteiger partial charge in [0.1, 0.15) is 11.5 Å². The molecule has 1 aliphatic heterocycles. The van der Waals surface area contributed by atoms with Gasteiger partial charge in [-0.2, -0.15) is 0 Å². The molecule has 122 valence electrons. The average molecular weight is 324 g/mol. The molecule has 3 heterocycles. The van der Waals surface area contributed by atoms with Gasteiger partial charge in [0, 0.05) is 10.9 Å². The van der Waals surface area contributed by atoms with Gasteiger partial charge >= 0.3 is 6.09 Å². The Labute approximate surface area is 138 Å². The lowest BCUT2D eigenvalue weighted by atomic mass is 10.1. The van der Waals surface area contributed by atoms with Gasteiger partial charge in [-0.25, -0.2) is 9.78 Å². The molecule has 0 saturated heterocycles. The lowest BCUT2D eigenvalue weighted by Crippen LogP contribution is -2.36. The number of aromatic nitrogens is 1. The minimum absolute atomic E-state index is 0.363. The van der Waals surface area contributed by atoms with E-state index < -0.39 is 6.09 Å². The van der Waals surface area contributed by atoms with Gasteiger partial charge in [-0.1, -0.05) is 0 Å². The molecule has 6 nitrogen and oxygen atoms in total. The Kier molecular flexibility index (Phi) is 3.57. The van der Waals surface area contributed by atoms with Crippen LogP contribution >= 0.6 is 0 Å². The third-order valence-corrected chi connectivity index (χ3v) is 3.87. The van der Waals surface area contributed by atoms with Gasteiger partial charge in [-0.05, 0) is 43.3 Å². The summed E-state index contributed by atoms with van der Waals surface area (Å²) in [5, 5.41) is 0.954. The molecule has 0 atom stereocenters. The van der Waals surface area contributed by atoms with E-state index in [0.29, 0.717) is 31.3 Å². The highest BCUT2D eigenvalue weighted by Gasteiger charge is 2.27. The molecule has 0 radical (unpaired) electrons. The van der Waals surface area contributed by atoms with Gasteiger partial charge in [0.05, 0.1) is 31.5 Å². The molecule has 1 aliphatic rings. The Morgan fingerprint density at radius 1 is 1.29 bits per heavy atom. The standard InChI is InChI=1S/C18H16N2O4/c1-2-22-14-5-6-16-12(9-14)8-13-10-20(11-15-4-3-7-23-15)18(21)24-17(13)19-16/h3-9H,2,10-11H2,1H3. The van der Waals surface area contributed by atoms with Crippen LogP contribution in [0.2, 0.25) is 0 Å². The van der Waals surface area contributed by atoms with Crippen LogP contribution in [0, 0.1) is 0 Å². The fourth-order valence-electron chi connectivity index (χ4n) is 2.77. The smallest absolute Gasteiger partial charge is 0.417 e. The lowest BCUT2D eigenvalue weighted by Gasteiger charge is -2.26. The molecule has 24 heavy (non-hydrogen) atoms. The van der Waals surface area contributed by atoms with Crippen molar-refractivity contribution in [2.75, 3.05) is 6.61 Å². The normalized spacial score (nSPS) is 13.7. The van der Waals surface area contributed by atoms with Crippen LogP contribution in [0.5, 0.6) is 11.6 Å². The molecule has 1 amide bonds. The first-order chi connectivity index (χ1) is 11.7. The van der Waals surface area contributed by atoms with Crippen molar-refractivity contribution < 1.29 is 18.7 Å². The van der Waals surface area contributed by atoms with Crippen LogP contribution in [0.15, 0.2) is 47.1 Å². The molecule has 0 aliphatic carbocycles. The predicted octanol–water partition coefficient (Wildman–Crippen LogP) is 3.74. The molecule has 1 aromatic carbocycles. The molecular weight excluding hydrogens is 308 g/mol. The van der Waals surface area contributed by atoms with Crippen LogP contribution in [0.25, 0.3) is 10.9 Å². The molecule has 0 spiro atoms. The van der Waals surface area contributed by atoms with Gasteiger partial charge < -0.3 is 13.9 Å². The predicted molar refractivity (Wildman–Crippen MR) is 86.9 cm³/mol. The Morgan fingerprint density at radius 3 is 3.00 bits per heavy atom. The van der Waals surface area contributed by atoms with E-state index in [2.05, 4.69) is 4.98 Å². The molecule has 0 bridgehead atoms. The molecule has 0 N–H and O–H groups in total. The van der Waals surface area contributed by atoms with Crippen LogP contribution in [0.1, 0.15) is 18.2 Å². The average Bonchev–Trinajstić information content (AvgIpc) is 3.07. The highest BCUT2D eigenvalue weighted by molar-refractivity contribution is 5.83. The molecule has 0 fully saturated rings. The van der Waals surface area contributed by atoms with E-state index in [1.807, 2.05) is 37.3 Å². The van der Waals surface area contributed by atoms with E-state index in [0.717, 1.165) is 22.2 Å². The second kappa shape index (κ2) is 5.88. The Balaban J connectivity index is 1.66. The summed E-state index contributed by atoms with van der Waals surface area (Å²) < 4.78 is 16.2. The minimum Gasteiger partial charge on any atom is -0.494 e.